The number of nitrogens with two attached hydrogens (primary N) is 1. The van der Waals surface area contributed by atoms with E-state index in [0.717, 1.165) is 24.5 Å². The number of carbonyl (C=O) groups is 1. The number of rotatable bonds is 4. The Labute approximate surface area is 139 Å². The van der Waals surface area contributed by atoms with E-state index in [1.165, 1.54) is 6.07 Å². The summed E-state index contributed by atoms with van der Waals surface area (Å²) >= 11 is 0. The number of amides is 1. The first-order valence-corrected chi connectivity index (χ1v) is 8.27. The summed E-state index contributed by atoms with van der Waals surface area (Å²) < 4.78 is 26.7. The van der Waals surface area contributed by atoms with E-state index in [-0.39, 0.29) is 11.3 Å². The van der Waals surface area contributed by atoms with Gasteiger partial charge in [0, 0.05) is 29.7 Å². The fraction of sp³-hybridized carbons (Fsp3) is 0.500. The molecule has 1 atom stereocenters. The van der Waals surface area contributed by atoms with Crippen LogP contribution >= 0.6 is 0 Å². The smallest absolute Gasteiger partial charge is 0.240 e. The van der Waals surface area contributed by atoms with E-state index < -0.39 is 17.2 Å². The topological polar surface area (TPSA) is 70.9 Å². The number of H-pyrrole nitrogens is 1. The molecule has 1 aliphatic carbocycles. The average molecular weight is 335 g/mol. The van der Waals surface area contributed by atoms with Gasteiger partial charge in [-0.05, 0) is 36.3 Å². The third-order valence-electron chi connectivity index (χ3n) is 5.47. The molecule has 0 spiro atoms. The minimum atomic E-state index is -0.877. The van der Waals surface area contributed by atoms with Crippen molar-refractivity contribution in [3.63, 3.8) is 0 Å². The Morgan fingerprint density at radius 3 is 2.67 bits per heavy atom. The Hall–Kier alpha value is -1.95. The number of benzene rings is 1. The van der Waals surface area contributed by atoms with E-state index in [0.29, 0.717) is 30.3 Å². The number of nitrogens with one attached hydrogen (secondary N) is 2. The van der Waals surface area contributed by atoms with Crippen molar-refractivity contribution >= 4 is 16.8 Å². The molecule has 0 bridgehead atoms. The maximum atomic E-state index is 13.4. The van der Waals surface area contributed by atoms with E-state index in [1.807, 2.05) is 13.8 Å². The minimum absolute atomic E-state index is 0.137. The van der Waals surface area contributed by atoms with Gasteiger partial charge >= 0.3 is 0 Å². The molecule has 0 saturated heterocycles. The molecule has 1 heterocycles. The molecule has 1 aliphatic rings. The lowest BCUT2D eigenvalue weighted by atomic mass is 9.75. The summed E-state index contributed by atoms with van der Waals surface area (Å²) in [5.41, 5.74) is 6.67. The summed E-state index contributed by atoms with van der Waals surface area (Å²) in [6, 6.07) is 2.32. The molecule has 4 N–H and O–H groups in total. The lowest BCUT2D eigenvalue weighted by molar-refractivity contribution is -0.129. The molecule has 130 valence electrons. The normalized spacial score (nSPS) is 22.9. The van der Waals surface area contributed by atoms with Gasteiger partial charge in [0.1, 0.15) is 5.54 Å². The number of halogens is 2. The van der Waals surface area contributed by atoms with E-state index in [9.17, 15) is 13.6 Å². The Balaban J connectivity index is 1.67. The van der Waals surface area contributed by atoms with Gasteiger partial charge in [-0.3, -0.25) is 4.79 Å². The maximum absolute atomic E-state index is 13.4. The van der Waals surface area contributed by atoms with Crippen LogP contribution in [-0.4, -0.2) is 23.0 Å². The van der Waals surface area contributed by atoms with Crippen LogP contribution < -0.4 is 11.1 Å². The highest BCUT2D eigenvalue weighted by Crippen LogP contribution is 2.44. The van der Waals surface area contributed by atoms with Gasteiger partial charge in [0.2, 0.25) is 5.91 Å². The quantitative estimate of drug-likeness (QED) is 0.804. The number of hydrogen-bond acceptors (Lipinski definition) is 2. The molecule has 1 unspecified atom stereocenters. The third kappa shape index (κ3) is 2.69. The summed E-state index contributed by atoms with van der Waals surface area (Å²) in [7, 11) is 0. The molecule has 24 heavy (non-hydrogen) atoms. The van der Waals surface area contributed by atoms with Crippen molar-refractivity contribution in [3.8, 4) is 0 Å². The highest BCUT2D eigenvalue weighted by molar-refractivity contribution is 5.87. The van der Waals surface area contributed by atoms with Crippen molar-refractivity contribution in [2.75, 3.05) is 6.54 Å². The van der Waals surface area contributed by atoms with Crippen LogP contribution in [0.5, 0.6) is 0 Å². The summed E-state index contributed by atoms with van der Waals surface area (Å²) in [5.74, 6) is -1.89. The molecule has 1 saturated carbocycles. The molecule has 1 aromatic heterocycles. The monoisotopic (exact) mass is 335 g/mol. The number of aromatic amines is 1. The first kappa shape index (κ1) is 16.9. The van der Waals surface area contributed by atoms with E-state index in [1.54, 1.807) is 6.20 Å². The lowest BCUT2D eigenvalue weighted by Gasteiger charge is -2.36. The van der Waals surface area contributed by atoms with Crippen molar-refractivity contribution in [1.82, 2.24) is 10.3 Å². The predicted molar refractivity (Wildman–Crippen MR) is 89.5 cm³/mol. The van der Waals surface area contributed by atoms with E-state index in [4.69, 9.17) is 5.73 Å². The molecule has 1 fully saturated rings. The van der Waals surface area contributed by atoms with Crippen molar-refractivity contribution < 1.29 is 13.6 Å². The lowest BCUT2D eigenvalue weighted by Crippen LogP contribution is -2.60. The first-order chi connectivity index (χ1) is 11.2. The van der Waals surface area contributed by atoms with Gasteiger partial charge < -0.3 is 16.0 Å². The third-order valence-corrected chi connectivity index (χ3v) is 5.47. The van der Waals surface area contributed by atoms with E-state index in [2.05, 4.69) is 10.3 Å². The van der Waals surface area contributed by atoms with Crippen molar-refractivity contribution in [2.24, 2.45) is 11.1 Å². The van der Waals surface area contributed by atoms with Gasteiger partial charge in [-0.1, -0.05) is 20.3 Å². The molecule has 0 radical (unpaired) electrons. The van der Waals surface area contributed by atoms with Gasteiger partial charge in [0.05, 0.1) is 0 Å². The predicted octanol–water partition coefficient (Wildman–Crippen LogP) is 3.01. The minimum Gasteiger partial charge on any atom is -0.361 e. The van der Waals surface area contributed by atoms with Gasteiger partial charge in [-0.15, -0.1) is 0 Å². The highest BCUT2D eigenvalue weighted by Gasteiger charge is 2.51. The van der Waals surface area contributed by atoms with Gasteiger partial charge in [0.25, 0.3) is 0 Å². The van der Waals surface area contributed by atoms with Crippen LogP contribution in [0.15, 0.2) is 18.3 Å². The van der Waals surface area contributed by atoms with Crippen molar-refractivity contribution in [1.29, 1.82) is 0 Å². The second-order valence-electron chi connectivity index (χ2n) is 7.34. The number of carbonyl (C=O) groups excluding carboxylic acids is 1. The SMILES string of the molecule is CC1(C)CCCC1(N)C(=O)NCCc1c[nH]c2cc(F)c(F)cc12. The summed E-state index contributed by atoms with van der Waals surface area (Å²) in [6.07, 6.45) is 4.80. The van der Waals surface area contributed by atoms with Crippen LogP contribution in [0.1, 0.15) is 38.7 Å². The fourth-order valence-electron chi connectivity index (χ4n) is 3.64. The van der Waals surface area contributed by atoms with Crippen LogP contribution in [0.4, 0.5) is 8.78 Å². The molecule has 1 aromatic carbocycles. The van der Waals surface area contributed by atoms with Crippen LogP contribution in [-0.2, 0) is 11.2 Å². The Morgan fingerprint density at radius 2 is 2.00 bits per heavy atom. The average Bonchev–Trinajstić information content (AvgIpc) is 3.01. The van der Waals surface area contributed by atoms with Crippen LogP contribution in [0.25, 0.3) is 10.9 Å². The second-order valence-corrected chi connectivity index (χ2v) is 7.34. The van der Waals surface area contributed by atoms with E-state index >= 15 is 0 Å². The summed E-state index contributed by atoms with van der Waals surface area (Å²) in [4.78, 5) is 15.4. The molecule has 1 amide bonds. The Bertz CT molecular complexity index is 784. The van der Waals surface area contributed by atoms with Gasteiger partial charge in [-0.25, -0.2) is 8.78 Å². The van der Waals surface area contributed by atoms with Crippen LogP contribution in [0.3, 0.4) is 0 Å². The first-order valence-electron chi connectivity index (χ1n) is 8.27. The van der Waals surface area contributed by atoms with Crippen molar-refractivity contribution in [2.45, 2.75) is 45.1 Å². The van der Waals surface area contributed by atoms with Gasteiger partial charge in [0.15, 0.2) is 11.6 Å². The molecule has 3 rings (SSSR count). The highest BCUT2D eigenvalue weighted by atomic mass is 19.2. The Kier molecular flexibility index (Phi) is 4.11. The standard InChI is InChI=1S/C18H23F2N3O/c1-17(2)5-3-6-18(17,21)16(24)22-7-4-11-10-23-15-9-14(20)13(19)8-12(11)15/h8-10,23H,3-7,21H2,1-2H3,(H,22,24). The number of aromatic nitrogens is 1. The maximum Gasteiger partial charge on any atom is 0.240 e. The molecule has 4 nitrogen and oxygen atoms in total. The molecule has 2 aromatic rings. The molecular weight excluding hydrogens is 312 g/mol. The molecule has 6 heteroatoms. The zero-order chi connectivity index (χ0) is 17.5. The van der Waals surface area contributed by atoms with Crippen molar-refractivity contribution in [3.05, 3.63) is 35.5 Å². The molecule has 0 aliphatic heterocycles. The van der Waals surface area contributed by atoms with Gasteiger partial charge in [-0.2, -0.15) is 0 Å². The number of hydrogen-bond donors (Lipinski definition) is 3. The van der Waals surface area contributed by atoms with Crippen LogP contribution in [0, 0.1) is 17.0 Å². The molecular formula is C18H23F2N3O. The number of fused-ring (bicyclic) bond motifs is 1. The largest absolute Gasteiger partial charge is 0.361 e. The Morgan fingerprint density at radius 1 is 1.29 bits per heavy atom. The summed E-state index contributed by atoms with van der Waals surface area (Å²) in [6.45, 7) is 4.45. The summed E-state index contributed by atoms with van der Waals surface area (Å²) in [5, 5.41) is 3.54. The zero-order valence-corrected chi connectivity index (χ0v) is 14.0. The van der Waals surface area contributed by atoms with Crippen LogP contribution in [0.2, 0.25) is 0 Å². The fourth-order valence-corrected chi connectivity index (χ4v) is 3.64. The second kappa shape index (κ2) is 5.84. The zero-order valence-electron chi connectivity index (χ0n) is 14.0.